The topological polar surface area (TPSA) is 85.8 Å². The fourth-order valence-electron chi connectivity index (χ4n) is 1.98. The van der Waals surface area contributed by atoms with Crippen LogP contribution in [-0.4, -0.2) is 20.7 Å². The lowest BCUT2D eigenvalue weighted by atomic mass is 10.2. The van der Waals surface area contributed by atoms with Gasteiger partial charge in [-0.1, -0.05) is 29.0 Å². The monoisotopic (exact) mass is 351 g/mol. The SMILES string of the molecule is Cn1cc(NC(=O)c2nc(-c3c(F)cccc3Cl)sc2N)cn1. The molecule has 2 heterocycles. The molecule has 0 aliphatic heterocycles. The Balaban J connectivity index is 1.93. The van der Waals surface area contributed by atoms with E-state index in [-0.39, 0.29) is 26.3 Å². The number of carbonyl (C=O) groups is 1. The summed E-state index contributed by atoms with van der Waals surface area (Å²) in [7, 11) is 1.73. The first-order chi connectivity index (χ1) is 11.0. The van der Waals surface area contributed by atoms with E-state index >= 15 is 0 Å². The molecule has 118 valence electrons. The van der Waals surface area contributed by atoms with Crippen LogP contribution in [0.2, 0.25) is 5.02 Å². The third-order valence-corrected chi connectivity index (χ3v) is 4.22. The molecule has 1 amide bonds. The summed E-state index contributed by atoms with van der Waals surface area (Å²) in [5.41, 5.74) is 6.51. The predicted octanol–water partition coefficient (Wildman–Crippen LogP) is 3.17. The summed E-state index contributed by atoms with van der Waals surface area (Å²) < 4.78 is 15.5. The largest absolute Gasteiger partial charge is 0.389 e. The van der Waals surface area contributed by atoms with Gasteiger partial charge in [-0.15, -0.1) is 0 Å². The Kier molecular flexibility index (Phi) is 4.01. The Labute approximate surface area is 139 Å². The van der Waals surface area contributed by atoms with Crippen LogP contribution in [-0.2, 0) is 7.05 Å². The molecule has 9 heteroatoms. The van der Waals surface area contributed by atoms with Gasteiger partial charge in [-0.2, -0.15) is 5.10 Å². The van der Waals surface area contributed by atoms with Gasteiger partial charge in [0.05, 0.1) is 22.5 Å². The van der Waals surface area contributed by atoms with Crippen molar-refractivity contribution in [2.24, 2.45) is 7.05 Å². The molecule has 0 bridgehead atoms. The number of rotatable bonds is 3. The van der Waals surface area contributed by atoms with Crippen molar-refractivity contribution in [1.29, 1.82) is 0 Å². The first kappa shape index (κ1) is 15.4. The Morgan fingerprint density at radius 1 is 1.48 bits per heavy atom. The second kappa shape index (κ2) is 5.98. The van der Waals surface area contributed by atoms with Crippen molar-refractivity contribution in [3.8, 4) is 10.6 Å². The van der Waals surface area contributed by atoms with Crippen LogP contribution in [0.25, 0.3) is 10.6 Å². The van der Waals surface area contributed by atoms with Gasteiger partial charge in [-0.3, -0.25) is 9.48 Å². The lowest BCUT2D eigenvalue weighted by Crippen LogP contribution is -2.13. The summed E-state index contributed by atoms with van der Waals surface area (Å²) >= 11 is 7.01. The van der Waals surface area contributed by atoms with Crippen LogP contribution in [0.1, 0.15) is 10.5 Å². The molecule has 0 unspecified atom stereocenters. The number of aromatic nitrogens is 3. The minimum Gasteiger partial charge on any atom is -0.389 e. The molecule has 0 radical (unpaired) electrons. The highest BCUT2D eigenvalue weighted by molar-refractivity contribution is 7.19. The van der Waals surface area contributed by atoms with Gasteiger partial charge in [0.1, 0.15) is 15.8 Å². The Bertz CT molecular complexity index is 871. The maximum atomic E-state index is 14.0. The predicted molar refractivity (Wildman–Crippen MR) is 88.1 cm³/mol. The molecule has 0 aliphatic rings. The van der Waals surface area contributed by atoms with Crippen LogP contribution in [0.4, 0.5) is 15.1 Å². The highest BCUT2D eigenvalue weighted by Gasteiger charge is 2.21. The number of benzene rings is 1. The Hall–Kier alpha value is -2.45. The lowest BCUT2D eigenvalue weighted by Gasteiger charge is -2.01. The van der Waals surface area contributed by atoms with Gasteiger partial charge in [0.15, 0.2) is 5.69 Å². The molecule has 1 aromatic carbocycles. The number of carbonyl (C=O) groups excluding carboxylic acids is 1. The number of nitrogen functional groups attached to an aromatic ring is 1. The zero-order valence-electron chi connectivity index (χ0n) is 11.9. The van der Waals surface area contributed by atoms with Gasteiger partial charge in [0.2, 0.25) is 0 Å². The van der Waals surface area contributed by atoms with E-state index in [4.69, 9.17) is 17.3 Å². The number of aryl methyl sites for hydroxylation is 1. The number of halogens is 2. The summed E-state index contributed by atoms with van der Waals surface area (Å²) in [6, 6.07) is 4.31. The van der Waals surface area contributed by atoms with Crippen LogP contribution in [0, 0.1) is 5.82 Å². The first-order valence-corrected chi connectivity index (χ1v) is 7.66. The number of amides is 1. The number of nitrogens with zero attached hydrogens (tertiary/aromatic N) is 3. The molecule has 0 saturated carbocycles. The van der Waals surface area contributed by atoms with Crippen LogP contribution in [0.5, 0.6) is 0 Å². The van der Waals surface area contributed by atoms with Crippen molar-refractivity contribution in [2.45, 2.75) is 0 Å². The number of thiazole rings is 1. The van der Waals surface area contributed by atoms with Gasteiger partial charge >= 0.3 is 0 Å². The van der Waals surface area contributed by atoms with E-state index in [1.807, 2.05) is 0 Å². The maximum absolute atomic E-state index is 14.0. The van der Waals surface area contributed by atoms with Crippen molar-refractivity contribution >= 4 is 39.5 Å². The summed E-state index contributed by atoms with van der Waals surface area (Å²) in [5, 5.41) is 7.22. The highest BCUT2D eigenvalue weighted by atomic mass is 35.5. The molecule has 0 saturated heterocycles. The van der Waals surface area contributed by atoms with Crippen LogP contribution in [0.15, 0.2) is 30.6 Å². The number of nitrogens with two attached hydrogens (primary N) is 1. The third kappa shape index (κ3) is 3.03. The quantitative estimate of drug-likeness (QED) is 0.758. The Morgan fingerprint density at radius 2 is 2.26 bits per heavy atom. The van der Waals surface area contributed by atoms with Crippen molar-refractivity contribution in [3.63, 3.8) is 0 Å². The van der Waals surface area contributed by atoms with E-state index in [0.29, 0.717) is 5.69 Å². The van der Waals surface area contributed by atoms with Gasteiger partial charge in [0.25, 0.3) is 5.91 Å². The van der Waals surface area contributed by atoms with E-state index in [9.17, 15) is 9.18 Å². The summed E-state index contributed by atoms with van der Waals surface area (Å²) in [5.74, 6) is -1.02. The molecule has 2 aromatic heterocycles. The number of nitrogens with one attached hydrogen (secondary N) is 1. The normalized spacial score (nSPS) is 10.7. The van der Waals surface area contributed by atoms with Crippen molar-refractivity contribution in [1.82, 2.24) is 14.8 Å². The van der Waals surface area contributed by atoms with Gasteiger partial charge in [-0.25, -0.2) is 9.37 Å². The number of hydrogen-bond acceptors (Lipinski definition) is 5. The second-order valence-corrected chi connectivity index (χ2v) is 6.12. The van der Waals surface area contributed by atoms with E-state index in [1.165, 1.54) is 18.3 Å². The summed E-state index contributed by atoms with van der Waals surface area (Å²) in [6.45, 7) is 0. The minimum atomic E-state index is -0.523. The molecule has 6 nitrogen and oxygen atoms in total. The molecule has 0 atom stereocenters. The molecular weight excluding hydrogens is 341 g/mol. The molecule has 23 heavy (non-hydrogen) atoms. The number of hydrogen-bond donors (Lipinski definition) is 2. The van der Waals surface area contributed by atoms with Crippen LogP contribution >= 0.6 is 22.9 Å². The highest BCUT2D eigenvalue weighted by Crippen LogP contribution is 2.36. The van der Waals surface area contributed by atoms with Crippen molar-refractivity contribution < 1.29 is 9.18 Å². The molecule has 0 aliphatic carbocycles. The smallest absolute Gasteiger partial charge is 0.277 e. The van der Waals surface area contributed by atoms with E-state index < -0.39 is 11.7 Å². The van der Waals surface area contributed by atoms with Gasteiger partial charge in [-0.05, 0) is 12.1 Å². The van der Waals surface area contributed by atoms with E-state index in [0.717, 1.165) is 11.3 Å². The zero-order valence-corrected chi connectivity index (χ0v) is 13.5. The molecule has 3 rings (SSSR count). The molecule has 3 aromatic rings. The third-order valence-electron chi connectivity index (χ3n) is 3.01. The van der Waals surface area contributed by atoms with Gasteiger partial charge < -0.3 is 11.1 Å². The van der Waals surface area contributed by atoms with Crippen molar-refractivity contribution in [2.75, 3.05) is 11.1 Å². The standard InChI is InChI=1S/C14H11ClFN5OS/c1-21-6-7(5-18-21)19-13(22)11-12(17)23-14(20-11)10-8(15)3-2-4-9(10)16/h2-6H,17H2,1H3,(H,19,22). The second-order valence-electron chi connectivity index (χ2n) is 4.69. The Morgan fingerprint density at radius 3 is 2.91 bits per heavy atom. The molecule has 3 N–H and O–H groups in total. The van der Waals surface area contributed by atoms with Gasteiger partial charge in [0, 0.05) is 13.2 Å². The van der Waals surface area contributed by atoms with Crippen molar-refractivity contribution in [3.05, 3.63) is 47.1 Å². The van der Waals surface area contributed by atoms with Crippen LogP contribution in [0.3, 0.4) is 0 Å². The fourth-order valence-corrected chi connectivity index (χ4v) is 3.18. The number of anilines is 2. The van der Waals surface area contributed by atoms with Crippen LogP contribution < -0.4 is 11.1 Å². The molecular formula is C14H11ClFN5OS. The maximum Gasteiger partial charge on any atom is 0.277 e. The lowest BCUT2D eigenvalue weighted by molar-refractivity contribution is 0.102. The average Bonchev–Trinajstić information content (AvgIpc) is 3.05. The zero-order chi connectivity index (χ0) is 16.6. The fraction of sp³-hybridized carbons (Fsp3) is 0.0714. The summed E-state index contributed by atoms with van der Waals surface area (Å²) in [4.78, 5) is 16.4. The minimum absolute atomic E-state index is 0.0215. The molecule has 0 fully saturated rings. The first-order valence-electron chi connectivity index (χ1n) is 6.46. The molecule has 0 spiro atoms. The van der Waals surface area contributed by atoms with E-state index in [1.54, 1.807) is 24.0 Å². The average molecular weight is 352 g/mol. The summed E-state index contributed by atoms with van der Waals surface area (Å²) in [6.07, 6.45) is 3.13. The van der Waals surface area contributed by atoms with E-state index in [2.05, 4.69) is 15.4 Å².